The molecule has 9 rings (SSSR count). The number of piperidine rings is 2. The third kappa shape index (κ3) is 6.97. The Balaban J connectivity index is 0.790. The first kappa shape index (κ1) is 36.2. The maximum absolute atomic E-state index is 14.1. The Hall–Kier alpha value is -5.42. The van der Waals surface area contributed by atoms with Crippen molar-refractivity contribution in [2.75, 3.05) is 62.2 Å². The van der Waals surface area contributed by atoms with Crippen LogP contribution in [0.1, 0.15) is 75.7 Å². The average Bonchev–Trinajstić information content (AvgIpc) is 3.53. The minimum absolute atomic E-state index is 0.00557. The number of aromatic hydroxyl groups is 1. The van der Waals surface area contributed by atoms with Crippen LogP contribution in [0.15, 0.2) is 78.9 Å². The van der Waals surface area contributed by atoms with Crippen LogP contribution in [0.5, 0.6) is 11.5 Å². The smallest absolute Gasteiger partial charge is 0.255 e. The second-order valence-corrected chi connectivity index (χ2v) is 16.2. The maximum Gasteiger partial charge on any atom is 0.255 e. The molecule has 290 valence electrons. The Bertz CT molecular complexity index is 2160. The number of phenols is 1. The van der Waals surface area contributed by atoms with Crippen molar-refractivity contribution in [2.24, 2.45) is 5.92 Å². The monoisotopic (exact) mass is 757 g/mol. The molecule has 0 unspecified atom stereocenters. The lowest BCUT2D eigenvalue weighted by Gasteiger charge is -2.40. The van der Waals surface area contributed by atoms with Gasteiger partial charge >= 0.3 is 0 Å². The summed E-state index contributed by atoms with van der Waals surface area (Å²) in [4.78, 5) is 46.3. The van der Waals surface area contributed by atoms with Crippen LogP contribution in [0.2, 0.25) is 0 Å². The summed E-state index contributed by atoms with van der Waals surface area (Å²) in [6.45, 7) is 9.77. The molecule has 4 aromatic carbocycles. The van der Waals surface area contributed by atoms with Crippen LogP contribution in [0.3, 0.4) is 0 Å². The van der Waals surface area contributed by atoms with E-state index in [1.807, 2.05) is 31.2 Å². The van der Waals surface area contributed by atoms with E-state index in [9.17, 15) is 23.9 Å². The molecule has 56 heavy (non-hydrogen) atoms. The summed E-state index contributed by atoms with van der Waals surface area (Å²) in [5.41, 5.74) is 8.12. The number of fused-ring (bicyclic) bond motifs is 2. The number of imide groups is 1. The molecule has 11 heteroatoms. The van der Waals surface area contributed by atoms with Gasteiger partial charge in [0.25, 0.3) is 5.91 Å². The molecule has 5 aliphatic rings. The molecule has 5 aliphatic heterocycles. The summed E-state index contributed by atoms with van der Waals surface area (Å²) in [7, 11) is 0. The number of aryl methyl sites for hydroxylation is 1. The number of anilines is 2. The lowest BCUT2D eigenvalue weighted by atomic mass is 9.75. The van der Waals surface area contributed by atoms with Gasteiger partial charge in [-0.05, 0) is 103 Å². The number of phenolic OH excluding ortho intramolecular Hbond substituents is 1. The summed E-state index contributed by atoms with van der Waals surface area (Å²) in [5.74, 6) is 0.501. The third-order valence-electron chi connectivity index (χ3n) is 12.8. The highest BCUT2D eigenvalue weighted by Crippen LogP contribution is 2.48. The molecule has 0 spiro atoms. The van der Waals surface area contributed by atoms with Crippen LogP contribution in [-0.4, -0.2) is 91.1 Å². The predicted molar refractivity (Wildman–Crippen MR) is 212 cm³/mol. The standard InChI is InChI=1S/C45H48FN5O5/c1-28-22-32(46)4-9-36(28)39-27-56-41-24-35(52)8-11-38(41)43(39)30-2-5-33(6-3-30)49-16-14-29(15-17-49)25-48-18-20-50(21-19-48)34-7-10-37-31(23-34)26-51(45(37)55)40-12-13-42(53)47-44(40)54/h2-11,22-24,29,39-40,43,52H,12-21,25-27H2,1H3,(H,47,53,54)/t39-,40+,43-/m1/s1. The minimum atomic E-state index is -0.599. The fourth-order valence-electron chi connectivity index (χ4n) is 9.71. The Labute approximate surface area is 326 Å². The van der Waals surface area contributed by atoms with Crippen molar-refractivity contribution < 1.29 is 28.6 Å². The van der Waals surface area contributed by atoms with Crippen LogP contribution in [0.25, 0.3) is 0 Å². The van der Waals surface area contributed by atoms with Crippen molar-refractivity contribution in [1.82, 2.24) is 15.1 Å². The molecule has 0 saturated carbocycles. The maximum atomic E-state index is 14.1. The van der Waals surface area contributed by atoms with E-state index in [1.165, 1.54) is 17.3 Å². The fourth-order valence-corrected chi connectivity index (χ4v) is 9.71. The number of ether oxygens (including phenoxy) is 1. The number of benzene rings is 4. The Morgan fingerprint density at radius 1 is 0.804 bits per heavy atom. The van der Waals surface area contributed by atoms with Crippen LogP contribution in [0, 0.1) is 18.7 Å². The number of nitrogens with zero attached hydrogens (tertiary/aromatic N) is 4. The van der Waals surface area contributed by atoms with Gasteiger partial charge in [0.2, 0.25) is 11.8 Å². The van der Waals surface area contributed by atoms with E-state index in [4.69, 9.17) is 4.74 Å². The van der Waals surface area contributed by atoms with E-state index in [-0.39, 0.29) is 47.5 Å². The van der Waals surface area contributed by atoms with Gasteiger partial charge in [0, 0.05) is 99.2 Å². The SMILES string of the molecule is Cc1cc(F)ccc1[C@H]1COc2cc(O)ccc2[C@H]1c1ccc(N2CCC(CN3CCN(c4ccc5c(c4)CN([C@H]4CCC(=O)NC4=O)C5=O)CC3)CC2)cc1. The normalized spacial score (nSPS) is 23.1. The van der Waals surface area contributed by atoms with Gasteiger partial charge in [-0.1, -0.05) is 24.3 Å². The molecular weight excluding hydrogens is 710 g/mol. The zero-order valence-corrected chi connectivity index (χ0v) is 31.8. The van der Waals surface area contributed by atoms with Gasteiger partial charge in [-0.15, -0.1) is 0 Å². The number of carbonyl (C=O) groups excluding carboxylic acids is 3. The molecule has 3 saturated heterocycles. The van der Waals surface area contributed by atoms with Gasteiger partial charge in [-0.3, -0.25) is 24.6 Å². The van der Waals surface area contributed by atoms with Gasteiger partial charge in [0.1, 0.15) is 23.4 Å². The van der Waals surface area contributed by atoms with Crippen LogP contribution < -0.4 is 19.9 Å². The second-order valence-electron chi connectivity index (χ2n) is 16.2. The molecule has 5 heterocycles. The summed E-state index contributed by atoms with van der Waals surface area (Å²) in [5, 5.41) is 12.6. The molecule has 3 atom stereocenters. The third-order valence-corrected chi connectivity index (χ3v) is 12.8. The van der Waals surface area contributed by atoms with Gasteiger partial charge < -0.3 is 24.5 Å². The lowest BCUT2D eigenvalue weighted by molar-refractivity contribution is -0.136. The highest BCUT2D eigenvalue weighted by molar-refractivity contribution is 6.05. The summed E-state index contributed by atoms with van der Waals surface area (Å²) < 4.78 is 20.2. The molecule has 0 aromatic heterocycles. The highest BCUT2D eigenvalue weighted by Gasteiger charge is 2.40. The van der Waals surface area contributed by atoms with Gasteiger partial charge in [0.05, 0.1) is 6.61 Å². The molecule has 3 amide bonds. The summed E-state index contributed by atoms with van der Waals surface area (Å²) in [6, 6.07) is 24.7. The molecule has 2 N–H and O–H groups in total. The molecule has 0 aliphatic carbocycles. The fraction of sp³-hybridized carbons (Fsp3) is 0.400. The van der Waals surface area contributed by atoms with E-state index in [1.54, 1.807) is 23.1 Å². The van der Waals surface area contributed by atoms with E-state index >= 15 is 0 Å². The van der Waals surface area contributed by atoms with Crippen molar-refractivity contribution >= 4 is 29.1 Å². The predicted octanol–water partition coefficient (Wildman–Crippen LogP) is 5.95. The molecule has 4 aromatic rings. The average molecular weight is 758 g/mol. The Kier molecular flexibility index (Phi) is 9.65. The number of piperazine rings is 1. The van der Waals surface area contributed by atoms with Crippen LogP contribution in [0.4, 0.5) is 15.8 Å². The topological polar surface area (TPSA) is 106 Å². The molecule has 0 radical (unpaired) electrons. The lowest BCUT2D eigenvalue weighted by Crippen LogP contribution is -2.52. The molecule has 10 nitrogen and oxygen atoms in total. The van der Waals surface area contributed by atoms with Crippen molar-refractivity contribution in [2.45, 2.75) is 57.0 Å². The second kappa shape index (κ2) is 14.9. The van der Waals surface area contributed by atoms with E-state index in [0.717, 1.165) is 86.6 Å². The first-order valence-corrected chi connectivity index (χ1v) is 20.0. The number of hydrogen-bond donors (Lipinski definition) is 2. The van der Waals surface area contributed by atoms with Gasteiger partial charge in [-0.2, -0.15) is 0 Å². The number of nitrogens with one attached hydrogen (secondary N) is 1. The first-order chi connectivity index (χ1) is 27.2. The number of halogens is 1. The van der Waals surface area contributed by atoms with E-state index in [2.05, 4.69) is 50.3 Å². The van der Waals surface area contributed by atoms with Crippen LogP contribution >= 0.6 is 0 Å². The first-order valence-electron chi connectivity index (χ1n) is 20.0. The van der Waals surface area contributed by atoms with Gasteiger partial charge in [-0.25, -0.2) is 4.39 Å². The van der Waals surface area contributed by atoms with Crippen molar-refractivity contribution in [3.63, 3.8) is 0 Å². The van der Waals surface area contributed by atoms with Crippen LogP contribution in [-0.2, 0) is 16.1 Å². The largest absolute Gasteiger partial charge is 0.508 e. The molecular formula is C45H48FN5O5. The summed E-state index contributed by atoms with van der Waals surface area (Å²) >= 11 is 0. The Morgan fingerprint density at radius 3 is 2.29 bits per heavy atom. The van der Waals surface area contributed by atoms with E-state index < -0.39 is 6.04 Å². The summed E-state index contributed by atoms with van der Waals surface area (Å²) in [6.07, 6.45) is 2.91. The van der Waals surface area contributed by atoms with Crippen molar-refractivity contribution in [3.8, 4) is 11.5 Å². The zero-order valence-electron chi connectivity index (χ0n) is 31.8. The van der Waals surface area contributed by atoms with Crippen molar-refractivity contribution in [1.29, 1.82) is 0 Å². The highest BCUT2D eigenvalue weighted by atomic mass is 19.1. The number of carbonyl (C=O) groups is 3. The quantitative estimate of drug-likeness (QED) is 0.223. The zero-order chi connectivity index (χ0) is 38.5. The van der Waals surface area contributed by atoms with E-state index in [0.29, 0.717) is 36.8 Å². The molecule has 3 fully saturated rings. The van der Waals surface area contributed by atoms with Crippen molar-refractivity contribution in [3.05, 3.63) is 118 Å². The minimum Gasteiger partial charge on any atom is -0.508 e. The van der Waals surface area contributed by atoms with Gasteiger partial charge in [0.15, 0.2) is 0 Å². The number of rotatable bonds is 7. The Morgan fingerprint density at radius 2 is 1.54 bits per heavy atom. The number of hydrogen-bond acceptors (Lipinski definition) is 8. The molecule has 0 bridgehead atoms. The number of amides is 3.